The molecule has 0 saturated heterocycles. The average Bonchev–Trinajstić information content (AvgIpc) is 3.49. The minimum Gasteiger partial charge on any atom is -0.459 e. The van der Waals surface area contributed by atoms with E-state index in [-0.39, 0.29) is 30.4 Å². The number of rotatable bonds is 6. The number of nitrogens with one attached hydrogen (secondary N) is 1. The van der Waals surface area contributed by atoms with Gasteiger partial charge in [-0.05, 0) is 69.8 Å². The van der Waals surface area contributed by atoms with Gasteiger partial charge in [-0.1, -0.05) is 48.0 Å². The van der Waals surface area contributed by atoms with E-state index in [0.717, 1.165) is 34.3 Å². The number of aryl methyl sites for hydroxylation is 1. The van der Waals surface area contributed by atoms with Crippen molar-refractivity contribution in [1.29, 1.82) is 0 Å². The number of amidine groups is 1. The van der Waals surface area contributed by atoms with E-state index in [2.05, 4.69) is 34.5 Å². The summed E-state index contributed by atoms with van der Waals surface area (Å²) in [5, 5.41) is 6.11. The summed E-state index contributed by atoms with van der Waals surface area (Å²) in [4.78, 5) is 33.1. The Hall–Kier alpha value is -2.54. The lowest BCUT2D eigenvalue weighted by atomic mass is 9.93. The summed E-state index contributed by atoms with van der Waals surface area (Å²) in [6.45, 7) is 7.61. The highest BCUT2D eigenvalue weighted by atomic mass is 32.2. The van der Waals surface area contributed by atoms with Crippen LogP contribution in [-0.2, 0) is 14.3 Å². The number of ether oxygens (including phenoxy) is 1. The summed E-state index contributed by atoms with van der Waals surface area (Å²) in [6.07, 6.45) is 4.96. The first-order valence-corrected chi connectivity index (χ1v) is 13.2. The van der Waals surface area contributed by atoms with Gasteiger partial charge in [0.1, 0.15) is 0 Å². The molecule has 0 unspecified atom stereocenters. The molecule has 7 heteroatoms. The van der Waals surface area contributed by atoms with Gasteiger partial charge in [-0.2, -0.15) is 0 Å². The summed E-state index contributed by atoms with van der Waals surface area (Å²) in [5.74, 6) is 1.11. The van der Waals surface area contributed by atoms with E-state index >= 15 is 0 Å². The number of carbonyl (C=O) groups is 2. The van der Waals surface area contributed by atoms with Crippen LogP contribution in [0.4, 0.5) is 0 Å². The molecule has 2 saturated carbocycles. The second-order valence-corrected chi connectivity index (χ2v) is 11.1. The van der Waals surface area contributed by atoms with Crippen molar-refractivity contribution >= 4 is 28.8 Å². The molecule has 180 valence electrons. The molecular weight excluding hydrogens is 446 g/mol. The van der Waals surface area contributed by atoms with E-state index in [1.165, 1.54) is 31.0 Å². The number of hydrogen-bond acceptors (Lipinski definition) is 6. The number of aliphatic imine (C=N–C) groups is 1. The number of hydrogen-bond donors (Lipinski definition) is 1. The Morgan fingerprint density at radius 3 is 2.59 bits per heavy atom. The molecule has 34 heavy (non-hydrogen) atoms. The maximum atomic E-state index is 13.2. The first-order chi connectivity index (χ1) is 16.3. The van der Waals surface area contributed by atoms with Crippen molar-refractivity contribution in [1.82, 2.24) is 10.2 Å². The second kappa shape index (κ2) is 9.25. The Kier molecular flexibility index (Phi) is 6.32. The summed E-state index contributed by atoms with van der Waals surface area (Å²) >= 11 is 1.51. The molecule has 2 bridgehead atoms. The van der Waals surface area contributed by atoms with Crippen LogP contribution in [0.15, 0.2) is 51.6 Å². The summed E-state index contributed by atoms with van der Waals surface area (Å²) in [5.41, 5.74) is 4.20. The minimum atomic E-state index is -0.379. The monoisotopic (exact) mass is 479 g/mol. The van der Waals surface area contributed by atoms with Gasteiger partial charge in [0.15, 0.2) is 5.17 Å². The number of allylic oxidation sites excluding steroid dienone is 1. The van der Waals surface area contributed by atoms with E-state index in [1.807, 2.05) is 33.1 Å². The molecule has 4 atom stereocenters. The SMILES string of the molecule is CC1=C(C(=O)OC(C)C)[C@H](c2ccc(C)cc2)N2C(CC(=O)N[C@H]3C[C@H]4CC[C@H]3C4)=CSC2=N1. The quantitative estimate of drug-likeness (QED) is 0.567. The fourth-order valence-electron chi connectivity index (χ4n) is 5.82. The Labute approximate surface area is 205 Å². The number of benzene rings is 1. The molecular formula is C27H33N3O3S. The molecule has 2 aliphatic carbocycles. The number of fused-ring (bicyclic) bond motifs is 3. The third-order valence-electron chi connectivity index (χ3n) is 7.38. The van der Waals surface area contributed by atoms with Gasteiger partial charge in [0.25, 0.3) is 0 Å². The first kappa shape index (κ1) is 23.2. The molecule has 1 amide bonds. The van der Waals surface area contributed by atoms with Gasteiger partial charge in [0.05, 0.1) is 29.8 Å². The van der Waals surface area contributed by atoms with Gasteiger partial charge in [-0.3, -0.25) is 4.79 Å². The Morgan fingerprint density at radius 1 is 1.18 bits per heavy atom. The molecule has 0 radical (unpaired) electrons. The number of amides is 1. The lowest BCUT2D eigenvalue weighted by Gasteiger charge is -2.36. The van der Waals surface area contributed by atoms with Crippen LogP contribution in [0.3, 0.4) is 0 Å². The van der Waals surface area contributed by atoms with Crippen molar-refractivity contribution < 1.29 is 14.3 Å². The molecule has 0 aromatic heterocycles. The van der Waals surface area contributed by atoms with Crippen molar-refractivity contribution in [3.63, 3.8) is 0 Å². The van der Waals surface area contributed by atoms with Crippen molar-refractivity contribution in [2.75, 3.05) is 0 Å². The molecule has 1 aromatic rings. The molecule has 1 aromatic carbocycles. The topological polar surface area (TPSA) is 71.0 Å². The van der Waals surface area contributed by atoms with Crippen molar-refractivity contribution in [2.24, 2.45) is 16.8 Å². The van der Waals surface area contributed by atoms with Gasteiger partial charge < -0.3 is 15.0 Å². The van der Waals surface area contributed by atoms with Gasteiger partial charge in [0, 0.05) is 11.7 Å². The van der Waals surface area contributed by atoms with Gasteiger partial charge in [-0.15, -0.1) is 0 Å². The summed E-state index contributed by atoms with van der Waals surface area (Å²) < 4.78 is 5.62. The lowest BCUT2D eigenvalue weighted by Crippen LogP contribution is -2.41. The number of esters is 1. The zero-order valence-electron chi connectivity index (χ0n) is 20.3. The highest BCUT2D eigenvalue weighted by molar-refractivity contribution is 8.16. The third kappa shape index (κ3) is 4.42. The van der Waals surface area contributed by atoms with Crippen LogP contribution in [0.1, 0.15) is 70.0 Å². The largest absolute Gasteiger partial charge is 0.459 e. The van der Waals surface area contributed by atoms with E-state index in [9.17, 15) is 9.59 Å². The number of carbonyl (C=O) groups excluding carboxylic acids is 2. The van der Waals surface area contributed by atoms with Crippen LogP contribution in [-0.4, -0.2) is 34.1 Å². The minimum absolute atomic E-state index is 0.0471. The highest BCUT2D eigenvalue weighted by Crippen LogP contribution is 2.46. The maximum absolute atomic E-state index is 13.2. The van der Waals surface area contributed by atoms with Crippen molar-refractivity contribution in [3.8, 4) is 0 Å². The average molecular weight is 480 g/mol. The normalized spacial score (nSPS) is 27.6. The van der Waals surface area contributed by atoms with Crippen LogP contribution < -0.4 is 5.32 Å². The van der Waals surface area contributed by atoms with E-state index in [0.29, 0.717) is 23.2 Å². The third-order valence-corrected chi connectivity index (χ3v) is 8.27. The van der Waals surface area contributed by atoms with E-state index in [1.54, 1.807) is 0 Å². The van der Waals surface area contributed by atoms with Crippen LogP contribution in [0.2, 0.25) is 0 Å². The zero-order valence-corrected chi connectivity index (χ0v) is 21.2. The maximum Gasteiger partial charge on any atom is 0.338 e. The Bertz CT molecular complexity index is 1090. The van der Waals surface area contributed by atoms with Crippen LogP contribution in [0, 0.1) is 18.8 Å². The molecule has 2 fully saturated rings. The molecule has 0 spiro atoms. The molecule has 4 aliphatic rings. The molecule has 5 rings (SSSR count). The smallest absolute Gasteiger partial charge is 0.338 e. The predicted molar refractivity (Wildman–Crippen MR) is 135 cm³/mol. The highest BCUT2D eigenvalue weighted by Gasteiger charge is 2.43. The zero-order chi connectivity index (χ0) is 24.0. The van der Waals surface area contributed by atoms with Crippen LogP contribution in [0.25, 0.3) is 0 Å². The fourth-order valence-corrected chi connectivity index (χ4v) is 6.78. The van der Waals surface area contributed by atoms with Crippen LogP contribution in [0.5, 0.6) is 0 Å². The van der Waals surface area contributed by atoms with Crippen molar-refractivity contribution in [3.05, 3.63) is 57.8 Å². The Morgan fingerprint density at radius 2 is 1.94 bits per heavy atom. The lowest BCUT2D eigenvalue weighted by molar-refractivity contribution is -0.143. The molecule has 6 nitrogen and oxygen atoms in total. The number of nitrogens with zero attached hydrogens (tertiary/aromatic N) is 2. The van der Waals surface area contributed by atoms with Crippen molar-refractivity contribution in [2.45, 2.75) is 78.0 Å². The fraction of sp³-hybridized carbons (Fsp3) is 0.519. The summed E-state index contributed by atoms with van der Waals surface area (Å²) in [7, 11) is 0. The van der Waals surface area contributed by atoms with Crippen LogP contribution >= 0.6 is 11.8 Å². The first-order valence-electron chi connectivity index (χ1n) is 12.3. The van der Waals surface area contributed by atoms with E-state index < -0.39 is 0 Å². The van der Waals surface area contributed by atoms with Gasteiger partial charge >= 0.3 is 5.97 Å². The summed E-state index contributed by atoms with van der Waals surface area (Å²) in [6, 6.07) is 8.13. The molecule has 2 aliphatic heterocycles. The molecule has 2 heterocycles. The standard InChI is InChI=1S/C27H33N3O3S/c1-15(2)33-26(32)24-17(4)28-27-30(25(24)19-8-5-16(3)6-9-19)21(14-34-27)13-23(31)29-22-12-18-7-10-20(22)11-18/h5-6,8-9,14-15,18,20,22,25H,7,10-13H2,1-4H3,(H,29,31)/t18-,20-,22-,25-/m0/s1. The predicted octanol–water partition coefficient (Wildman–Crippen LogP) is 5.22. The second-order valence-electron chi connectivity index (χ2n) is 10.3. The van der Waals surface area contributed by atoms with E-state index in [4.69, 9.17) is 9.73 Å². The molecule has 1 N–H and O–H groups in total. The Balaban J connectivity index is 1.42. The van der Waals surface area contributed by atoms with Gasteiger partial charge in [0.2, 0.25) is 5.91 Å². The number of thioether (sulfide) groups is 1. The van der Waals surface area contributed by atoms with Gasteiger partial charge in [-0.25, -0.2) is 9.79 Å².